The standard InChI is InChI=1S/C18H18N2O2/c1-2-7-16-13(6-1)15-12-14(17-8-5-11-21-17)19-20(15)18(22-16)9-3-4-10-18/h1-2,5-8,11,15H,3-4,9-10,12H2. The fourth-order valence-corrected chi connectivity index (χ4v) is 4.08. The van der Waals surface area contributed by atoms with Crippen molar-refractivity contribution in [1.29, 1.82) is 0 Å². The number of ether oxygens (including phenoxy) is 1. The van der Waals surface area contributed by atoms with Crippen LogP contribution in [-0.2, 0) is 0 Å². The average Bonchev–Trinajstić information content (AvgIpc) is 3.28. The van der Waals surface area contributed by atoms with Crippen molar-refractivity contribution in [1.82, 2.24) is 5.01 Å². The lowest BCUT2D eigenvalue weighted by atomic mass is 9.95. The van der Waals surface area contributed by atoms with Crippen molar-refractivity contribution in [3.05, 3.63) is 54.0 Å². The maximum Gasteiger partial charge on any atom is 0.198 e. The summed E-state index contributed by atoms with van der Waals surface area (Å²) in [5, 5.41) is 7.14. The van der Waals surface area contributed by atoms with Crippen molar-refractivity contribution >= 4 is 5.71 Å². The number of nitrogens with zero attached hydrogens (tertiary/aromatic N) is 2. The number of rotatable bonds is 1. The Kier molecular flexibility index (Phi) is 2.46. The number of hydrogen-bond donors (Lipinski definition) is 0. The van der Waals surface area contributed by atoms with Crippen LogP contribution in [0.15, 0.2) is 52.2 Å². The summed E-state index contributed by atoms with van der Waals surface area (Å²) < 4.78 is 12.0. The zero-order valence-corrected chi connectivity index (χ0v) is 12.4. The van der Waals surface area contributed by atoms with Crippen LogP contribution in [0.3, 0.4) is 0 Å². The third kappa shape index (κ3) is 1.61. The Morgan fingerprint density at radius 1 is 1.09 bits per heavy atom. The molecule has 1 unspecified atom stereocenters. The van der Waals surface area contributed by atoms with E-state index >= 15 is 0 Å². The summed E-state index contributed by atoms with van der Waals surface area (Å²) in [6, 6.07) is 12.6. The van der Waals surface area contributed by atoms with Gasteiger partial charge in [-0.1, -0.05) is 18.2 Å². The molecule has 4 nitrogen and oxygen atoms in total. The van der Waals surface area contributed by atoms with Gasteiger partial charge in [-0.3, -0.25) is 0 Å². The van der Waals surface area contributed by atoms with Crippen LogP contribution in [0.25, 0.3) is 0 Å². The molecule has 0 radical (unpaired) electrons. The largest absolute Gasteiger partial charge is 0.466 e. The molecule has 0 amide bonds. The van der Waals surface area contributed by atoms with Crippen molar-refractivity contribution in [3.8, 4) is 5.75 Å². The molecule has 1 aliphatic carbocycles. The van der Waals surface area contributed by atoms with Crippen molar-refractivity contribution < 1.29 is 9.15 Å². The number of benzene rings is 1. The quantitative estimate of drug-likeness (QED) is 0.795. The molecule has 4 heteroatoms. The maximum absolute atomic E-state index is 6.45. The van der Waals surface area contributed by atoms with Crippen LogP contribution >= 0.6 is 0 Å². The normalized spacial score (nSPS) is 24.8. The molecule has 3 aliphatic rings. The molecule has 1 aromatic heterocycles. The summed E-state index contributed by atoms with van der Waals surface area (Å²) in [5.41, 5.74) is 2.01. The van der Waals surface area contributed by atoms with E-state index in [0.29, 0.717) is 0 Å². The number of hydrogen-bond acceptors (Lipinski definition) is 4. The van der Waals surface area contributed by atoms with Gasteiger partial charge in [0.25, 0.3) is 0 Å². The second kappa shape index (κ2) is 4.38. The first-order valence-corrected chi connectivity index (χ1v) is 8.04. The van der Waals surface area contributed by atoms with E-state index < -0.39 is 0 Å². The maximum atomic E-state index is 6.45. The van der Waals surface area contributed by atoms with Gasteiger partial charge >= 0.3 is 0 Å². The van der Waals surface area contributed by atoms with Gasteiger partial charge in [-0.2, -0.15) is 5.10 Å². The molecule has 1 fully saturated rings. The Morgan fingerprint density at radius 2 is 1.95 bits per heavy atom. The molecule has 2 aliphatic heterocycles. The van der Waals surface area contributed by atoms with Gasteiger partial charge in [0, 0.05) is 24.8 Å². The minimum absolute atomic E-state index is 0.257. The molecule has 0 N–H and O–H groups in total. The van der Waals surface area contributed by atoms with Gasteiger partial charge in [-0.05, 0) is 31.0 Å². The van der Waals surface area contributed by atoms with E-state index in [4.69, 9.17) is 14.3 Å². The van der Waals surface area contributed by atoms with Crippen molar-refractivity contribution in [2.24, 2.45) is 5.10 Å². The van der Waals surface area contributed by atoms with E-state index in [-0.39, 0.29) is 11.8 Å². The Bertz CT molecular complexity index is 729. The fourth-order valence-electron chi connectivity index (χ4n) is 4.08. The molecular weight excluding hydrogens is 276 g/mol. The summed E-state index contributed by atoms with van der Waals surface area (Å²) in [4.78, 5) is 0. The third-order valence-electron chi connectivity index (χ3n) is 5.10. The van der Waals surface area contributed by atoms with E-state index in [1.54, 1.807) is 6.26 Å². The van der Waals surface area contributed by atoms with Crippen LogP contribution in [-0.4, -0.2) is 16.4 Å². The smallest absolute Gasteiger partial charge is 0.198 e. The topological polar surface area (TPSA) is 38.0 Å². The van der Waals surface area contributed by atoms with Crippen LogP contribution in [0.4, 0.5) is 0 Å². The van der Waals surface area contributed by atoms with E-state index in [1.165, 1.54) is 18.4 Å². The molecule has 22 heavy (non-hydrogen) atoms. The zero-order chi connectivity index (χ0) is 14.6. The minimum atomic E-state index is -0.257. The molecule has 1 atom stereocenters. The van der Waals surface area contributed by atoms with Gasteiger partial charge in [0.15, 0.2) is 5.72 Å². The Hall–Kier alpha value is -2.23. The van der Waals surface area contributed by atoms with E-state index in [9.17, 15) is 0 Å². The van der Waals surface area contributed by atoms with Gasteiger partial charge in [0.1, 0.15) is 17.2 Å². The molecule has 112 valence electrons. The molecule has 5 rings (SSSR count). The zero-order valence-electron chi connectivity index (χ0n) is 12.4. The molecule has 0 bridgehead atoms. The molecule has 0 saturated heterocycles. The van der Waals surface area contributed by atoms with E-state index in [2.05, 4.69) is 29.3 Å². The number of hydrazone groups is 1. The van der Waals surface area contributed by atoms with Gasteiger partial charge in [-0.25, -0.2) is 5.01 Å². The number of fused-ring (bicyclic) bond motifs is 4. The molecule has 1 aromatic carbocycles. The van der Waals surface area contributed by atoms with Gasteiger partial charge < -0.3 is 9.15 Å². The summed E-state index contributed by atoms with van der Waals surface area (Å²) in [5.74, 6) is 1.90. The van der Waals surface area contributed by atoms with E-state index in [1.807, 2.05) is 12.1 Å². The SMILES string of the molecule is c1coc(C2=NN3C(C2)c2ccccc2OC32CCCC2)c1. The highest BCUT2D eigenvalue weighted by molar-refractivity contribution is 5.99. The monoisotopic (exact) mass is 294 g/mol. The van der Waals surface area contributed by atoms with Gasteiger partial charge in [-0.15, -0.1) is 0 Å². The summed E-state index contributed by atoms with van der Waals surface area (Å²) in [6.07, 6.45) is 7.11. The van der Waals surface area contributed by atoms with Crippen LogP contribution in [0.2, 0.25) is 0 Å². The Morgan fingerprint density at radius 3 is 2.77 bits per heavy atom. The summed E-state index contributed by atoms with van der Waals surface area (Å²) in [6.45, 7) is 0. The predicted molar refractivity (Wildman–Crippen MR) is 82.7 cm³/mol. The first-order chi connectivity index (χ1) is 10.9. The van der Waals surface area contributed by atoms with Crippen LogP contribution in [0, 0.1) is 0 Å². The molecule has 2 aromatic rings. The predicted octanol–water partition coefficient (Wildman–Crippen LogP) is 4.09. The lowest BCUT2D eigenvalue weighted by molar-refractivity contribution is -0.114. The lowest BCUT2D eigenvalue weighted by Gasteiger charge is -2.45. The van der Waals surface area contributed by atoms with Crippen LogP contribution in [0.1, 0.15) is 49.5 Å². The highest BCUT2D eigenvalue weighted by Crippen LogP contribution is 2.51. The minimum Gasteiger partial charge on any atom is -0.466 e. The fraction of sp³-hybridized carbons (Fsp3) is 0.389. The lowest BCUT2D eigenvalue weighted by Crippen LogP contribution is -2.51. The third-order valence-corrected chi connectivity index (χ3v) is 5.10. The van der Waals surface area contributed by atoms with Gasteiger partial charge in [0.2, 0.25) is 0 Å². The summed E-state index contributed by atoms with van der Waals surface area (Å²) >= 11 is 0. The highest BCUT2D eigenvalue weighted by Gasteiger charge is 2.51. The second-order valence-electron chi connectivity index (χ2n) is 6.38. The van der Waals surface area contributed by atoms with E-state index in [0.717, 1.165) is 36.5 Å². The average molecular weight is 294 g/mol. The first-order valence-electron chi connectivity index (χ1n) is 8.04. The van der Waals surface area contributed by atoms with Crippen molar-refractivity contribution in [2.75, 3.05) is 0 Å². The molecule has 1 saturated carbocycles. The summed E-state index contributed by atoms with van der Waals surface area (Å²) in [7, 11) is 0. The highest BCUT2D eigenvalue weighted by atomic mass is 16.5. The molecule has 3 heterocycles. The van der Waals surface area contributed by atoms with Gasteiger partial charge in [0.05, 0.1) is 12.3 Å². The van der Waals surface area contributed by atoms with Crippen molar-refractivity contribution in [2.45, 2.75) is 43.9 Å². The number of furan rings is 1. The molecular formula is C18H18N2O2. The molecule has 1 spiro atoms. The second-order valence-corrected chi connectivity index (χ2v) is 6.38. The Labute approximate surface area is 129 Å². The first kappa shape index (κ1) is 12.3. The van der Waals surface area contributed by atoms with Crippen LogP contribution < -0.4 is 4.74 Å². The van der Waals surface area contributed by atoms with Crippen molar-refractivity contribution in [3.63, 3.8) is 0 Å². The van der Waals surface area contributed by atoms with Crippen LogP contribution in [0.5, 0.6) is 5.75 Å². The Balaban J connectivity index is 1.63. The number of para-hydroxylation sites is 1.